The van der Waals surface area contributed by atoms with Gasteiger partial charge in [0, 0.05) is 19.0 Å². The summed E-state index contributed by atoms with van der Waals surface area (Å²) in [5.41, 5.74) is 1.21. The van der Waals surface area contributed by atoms with Gasteiger partial charge in [0.05, 0.1) is 12.2 Å². The minimum atomic E-state index is -0.273. The van der Waals surface area contributed by atoms with Gasteiger partial charge in [0.25, 0.3) is 5.91 Å². The van der Waals surface area contributed by atoms with Crippen molar-refractivity contribution in [3.05, 3.63) is 29.3 Å². The minimum Gasteiger partial charge on any atom is -0.507 e. The number of benzene rings is 1. The molecule has 0 atom stereocenters. The van der Waals surface area contributed by atoms with Gasteiger partial charge < -0.3 is 15.2 Å². The van der Waals surface area contributed by atoms with E-state index in [0.29, 0.717) is 31.2 Å². The number of halogens is 1. The molecule has 0 aliphatic carbocycles. The van der Waals surface area contributed by atoms with Crippen LogP contribution in [0.5, 0.6) is 5.75 Å². The first-order valence-electron chi connectivity index (χ1n) is 5.86. The molecule has 0 unspecified atom stereocenters. The van der Waals surface area contributed by atoms with E-state index >= 15 is 0 Å². The normalized spacial score (nSPS) is 10.3. The first-order valence-corrected chi connectivity index (χ1v) is 6.40. The lowest BCUT2D eigenvalue weighted by atomic mass is 10.1. The van der Waals surface area contributed by atoms with Gasteiger partial charge in [-0.3, -0.25) is 4.79 Å². The Morgan fingerprint density at radius 2 is 2.22 bits per heavy atom. The summed E-state index contributed by atoms with van der Waals surface area (Å²) < 4.78 is 5.18. The van der Waals surface area contributed by atoms with E-state index in [2.05, 4.69) is 5.32 Å². The fraction of sp³-hybridized carbons (Fsp3) is 0.462. The largest absolute Gasteiger partial charge is 0.507 e. The number of phenolic OH excluding ortho intramolecular Hbond substituents is 1. The monoisotopic (exact) mass is 271 g/mol. The van der Waals surface area contributed by atoms with Crippen molar-refractivity contribution in [2.45, 2.75) is 13.3 Å². The van der Waals surface area contributed by atoms with Crippen LogP contribution >= 0.6 is 11.6 Å². The third-order valence-corrected chi connectivity index (χ3v) is 2.52. The second-order valence-electron chi connectivity index (χ2n) is 3.93. The molecule has 1 aromatic rings. The smallest absolute Gasteiger partial charge is 0.255 e. The van der Waals surface area contributed by atoms with E-state index < -0.39 is 0 Å². The number of carbonyl (C=O) groups excluding carboxylic acids is 1. The van der Waals surface area contributed by atoms with E-state index in [0.717, 1.165) is 12.0 Å². The van der Waals surface area contributed by atoms with Crippen molar-refractivity contribution < 1.29 is 14.6 Å². The van der Waals surface area contributed by atoms with E-state index in [1.54, 1.807) is 18.2 Å². The Morgan fingerprint density at radius 1 is 1.44 bits per heavy atom. The first-order chi connectivity index (χ1) is 8.65. The van der Waals surface area contributed by atoms with Crippen LogP contribution < -0.4 is 5.32 Å². The number of ether oxygens (including phenoxy) is 1. The minimum absolute atomic E-state index is 0.00545. The zero-order chi connectivity index (χ0) is 13.4. The Labute approximate surface area is 112 Å². The van der Waals surface area contributed by atoms with Gasteiger partial charge in [0.15, 0.2) is 0 Å². The van der Waals surface area contributed by atoms with Crippen LogP contribution in [-0.4, -0.2) is 36.7 Å². The van der Waals surface area contributed by atoms with Crippen molar-refractivity contribution in [2.24, 2.45) is 0 Å². The number of amides is 1. The second-order valence-corrected chi connectivity index (χ2v) is 4.31. The molecule has 5 heteroatoms. The molecule has 0 radical (unpaired) electrons. The van der Waals surface area contributed by atoms with Crippen LogP contribution in [0.2, 0.25) is 0 Å². The van der Waals surface area contributed by atoms with Gasteiger partial charge in [0.2, 0.25) is 0 Å². The van der Waals surface area contributed by atoms with Gasteiger partial charge in [-0.1, -0.05) is 6.07 Å². The van der Waals surface area contributed by atoms with Crippen LogP contribution in [-0.2, 0) is 4.74 Å². The number of rotatable bonds is 7. The first kappa shape index (κ1) is 14.8. The quantitative estimate of drug-likeness (QED) is 0.590. The third-order valence-electron chi connectivity index (χ3n) is 2.37. The highest BCUT2D eigenvalue weighted by molar-refractivity contribution is 6.17. The fourth-order valence-corrected chi connectivity index (χ4v) is 1.57. The summed E-state index contributed by atoms with van der Waals surface area (Å²) in [6.45, 7) is 3.45. The number of hydrogen-bond acceptors (Lipinski definition) is 3. The zero-order valence-electron chi connectivity index (χ0n) is 10.4. The molecule has 0 heterocycles. The number of alkyl halides is 1. The lowest BCUT2D eigenvalue weighted by Crippen LogP contribution is -2.25. The molecule has 0 aliphatic rings. The summed E-state index contributed by atoms with van der Waals surface area (Å²) in [6, 6.07) is 4.97. The predicted octanol–water partition coefficient (Wildman–Crippen LogP) is 2.08. The topological polar surface area (TPSA) is 58.6 Å². The molecule has 2 N–H and O–H groups in total. The van der Waals surface area contributed by atoms with Crippen LogP contribution in [0.4, 0.5) is 0 Å². The molecule has 0 aliphatic heterocycles. The Morgan fingerprint density at radius 3 is 2.89 bits per heavy atom. The molecular weight excluding hydrogens is 254 g/mol. The molecule has 0 saturated carbocycles. The molecule has 4 nitrogen and oxygen atoms in total. The standard InChI is InChI=1S/C13H18ClNO3/c1-10-3-4-11(12(16)9-10)13(17)15-6-2-7-18-8-5-14/h3-4,9,16H,2,5-8H2,1H3,(H,15,17). The van der Waals surface area contributed by atoms with E-state index in [-0.39, 0.29) is 11.7 Å². The Bertz CT molecular complexity index is 396. The highest BCUT2D eigenvalue weighted by Crippen LogP contribution is 2.17. The maximum Gasteiger partial charge on any atom is 0.255 e. The van der Waals surface area contributed by atoms with Crippen LogP contribution in [0.25, 0.3) is 0 Å². The van der Waals surface area contributed by atoms with E-state index in [1.807, 2.05) is 6.92 Å². The Hall–Kier alpha value is -1.26. The van der Waals surface area contributed by atoms with E-state index in [9.17, 15) is 9.90 Å². The van der Waals surface area contributed by atoms with Gasteiger partial charge in [-0.25, -0.2) is 0 Å². The average Bonchev–Trinajstić information content (AvgIpc) is 2.33. The fourth-order valence-electron chi connectivity index (χ4n) is 1.46. The van der Waals surface area contributed by atoms with Gasteiger partial charge in [-0.05, 0) is 31.0 Å². The van der Waals surface area contributed by atoms with Crippen molar-refractivity contribution in [1.82, 2.24) is 5.32 Å². The highest BCUT2D eigenvalue weighted by atomic mass is 35.5. The summed E-state index contributed by atoms with van der Waals surface area (Å²) >= 11 is 5.45. The van der Waals surface area contributed by atoms with E-state index in [1.165, 1.54) is 0 Å². The highest BCUT2D eigenvalue weighted by Gasteiger charge is 2.09. The molecule has 1 aromatic carbocycles. The maximum atomic E-state index is 11.7. The Balaban J connectivity index is 2.32. The molecule has 0 aromatic heterocycles. The van der Waals surface area contributed by atoms with Crippen molar-refractivity contribution in [2.75, 3.05) is 25.6 Å². The van der Waals surface area contributed by atoms with Crippen molar-refractivity contribution in [3.63, 3.8) is 0 Å². The summed E-state index contributed by atoms with van der Waals surface area (Å²) in [6.07, 6.45) is 0.718. The number of phenols is 1. The Kier molecular flexibility index (Phi) is 6.54. The number of carbonyl (C=O) groups is 1. The van der Waals surface area contributed by atoms with Gasteiger partial charge >= 0.3 is 0 Å². The molecular formula is C13H18ClNO3. The lowest BCUT2D eigenvalue weighted by Gasteiger charge is -2.07. The molecule has 0 fully saturated rings. The summed E-state index contributed by atoms with van der Waals surface area (Å²) in [5, 5.41) is 12.4. The zero-order valence-corrected chi connectivity index (χ0v) is 11.2. The van der Waals surface area contributed by atoms with Crippen molar-refractivity contribution in [1.29, 1.82) is 0 Å². The van der Waals surface area contributed by atoms with Gasteiger partial charge in [-0.2, -0.15) is 0 Å². The molecule has 100 valence electrons. The lowest BCUT2D eigenvalue weighted by molar-refractivity contribution is 0.0942. The molecule has 1 rings (SSSR count). The predicted molar refractivity (Wildman–Crippen MR) is 71.3 cm³/mol. The van der Waals surface area contributed by atoms with Gasteiger partial charge in [0.1, 0.15) is 5.75 Å². The SMILES string of the molecule is Cc1ccc(C(=O)NCCCOCCCl)c(O)c1. The van der Waals surface area contributed by atoms with Crippen LogP contribution in [0.1, 0.15) is 22.3 Å². The second kappa shape index (κ2) is 7.95. The molecule has 0 saturated heterocycles. The van der Waals surface area contributed by atoms with Crippen LogP contribution in [0.3, 0.4) is 0 Å². The van der Waals surface area contributed by atoms with Gasteiger partial charge in [-0.15, -0.1) is 11.6 Å². The third kappa shape index (κ3) is 4.94. The maximum absolute atomic E-state index is 11.7. The molecule has 18 heavy (non-hydrogen) atoms. The van der Waals surface area contributed by atoms with Crippen LogP contribution in [0.15, 0.2) is 18.2 Å². The summed E-state index contributed by atoms with van der Waals surface area (Å²) in [4.78, 5) is 11.7. The number of nitrogens with one attached hydrogen (secondary N) is 1. The van der Waals surface area contributed by atoms with Crippen molar-refractivity contribution in [3.8, 4) is 5.75 Å². The average molecular weight is 272 g/mol. The molecule has 0 spiro atoms. The number of hydrogen-bond donors (Lipinski definition) is 2. The number of aromatic hydroxyl groups is 1. The van der Waals surface area contributed by atoms with Crippen molar-refractivity contribution >= 4 is 17.5 Å². The summed E-state index contributed by atoms with van der Waals surface area (Å²) in [7, 11) is 0. The number of aryl methyl sites for hydroxylation is 1. The van der Waals surface area contributed by atoms with Crippen LogP contribution in [0, 0.1) is 6.92 Å². The summed E-state index contributed by atoms with van der Waals surface area (Å²) in [5.74, 6) is 0.208. The molecule has 0 bridgehead atoms. The van der Waals surface area contributed by atoms with E-state index in [4.69, 9.17) is 16.3 Å². The molecule has 1 amide bonds.